The second kappa shape index (κ2) is 11.3. The van der Waals surface area contributed by atoms with Crippen molar-refractivity contribution >= 4 is 16.0 Å². The third-order valence-electron chi connectivity index (χ3n) is 6.48. The van der Waals surface area contributed by atoms with E-state index in [1.165, 1.54) is 30.7 Å². The van der Waals surface area contributed by atoms with Crippen molar-refractivity contribution < 1.29 is 27.2 Å². The number of aryl methyl sites for hydroxylation is 1. The van der Waals surface area contributed by atoms with E-state index in [1.54, 1.807) is 18.2 Å². The average Bonchev–Trinajstić information content (AvgIpc) is 3.35. The summed E-state index contributed by atoms with van der Waals surface area (Å²) in [4.78, 5) is 16.2. The molecule has 1 heterocycles. The van der Waals surface area contributed by atoms with Gasteiger partial charge in [-0.25, -0.2) is 12.8 Å². The smallest absolute Gasteiger partial charge is 0.322 e. The Bertz CT molecular complexity index is 1300. The molecule has 36 heavy (non-hydrogen) atoms. The lowest BCUT2D eigenvalue weighted by Crippen LogP contribution is -2.42. The number of aromatic nitrogens is 2. The van der Waals surface area contributed by atoms with Crippen molar-refractivity contribution in [3.63, 3.8) is 0 Å². The minimum absolute atomic E-state index is 0.0268. The van der Waals surface area contributed by atoms with Crippen LogP contribution in [0.25, 0.3) is 11.4 Å². The first-order valence-electron chi connectivity index (χ1n) is 12.2. The molecule has 2 aromatic carbocycles. The van der Waals surface area contributed by atoms with E-state index in [-0.39, 0.29) is 28.6 Å². The Morgan fingerprint density at radius 1 is 1.14 bits per heavy atom. The predicted molar refractivity (Wildman–Crippen MR) is 131 cm³/mol. The lowest BCUT2D eigenvalue weighted by molar-refractivity contribution is -0.138. The molecule has 0 radical (unpaired) electrons. The second-order valence-corrected chi connectivity index (χ2v) is 10.9. The van der Waals surface area contributed by atoms with Crippen LogP contribution in [0.3, 0.4) is 0 Å². The highest BCUT2D eigenvalue weighted by atomic mass is 32.2. The van der Waals surface area contributed by atoms with Crippen LogP contribution < -0.4 is 4.72 Å². The number of hydrogen-bond donors (Lipinski definition) is 2. The summed E-state index contributed by atoms with van der Waals surface area (Å²) in [6, 6.07) is 9.02. The second-order valence-electron chi connectivity index (χ2n) is 9.22. The first-order chi connectivity index (χ1) is 17.3. The van der Waals surface area contributed by atoms with Crippen LogP contribution in [0.1, 0.15) is 68.4 Å². The summed E-state index contributed by atoms with van der Waals surface area (Å²) in [5.41, 5.74) is 1.46. The molecule has 2 N–H and O–H groups in total. The first-order valence-corrected chi connectivity index (χ1v) is 13.7. The topological polar surface area (TPSA) is 122 Å². The molecule has 0 amide bonds. The van der Waals surface area contributed by atoms with Gasteiger partial charge in [0, 0.05) is 5.92 Å². The lowest BCUT2D eigenvalue weighted by Gasteiger charge is -2.17. The minimum Gasteiger partial charge on any atom is -0.480 e. The number of halogens is 1. The summed E-state index contributed by atoms with van der Waals surface area (Å²) >= 11 is 0. The molecular formula is C26H30FN3O5S. The molecule has 4 rings (SSSR count). The number of carboxylic acid groups (broad SMARTS) is 1. The molecule has 1 unspecified atom stereocenters. The van der Waals surface area contributed by atoms with Gasteiger partial charge in [-0.3, -0.25) is 4.79 Å². The number of sulfonamides is 1. The fourth-order valence-electron chi connectivity index (χ4n) is 4.52. The highest BCUT2D eigenvalue weighted by Crippen LogP contribution is 2.33. The monoisotopic (exact) mass is 515 g/mol. The predicted octanol–water partition coefficient (Wildman–Crippen LogP) is 4.85. The van der Waals surface area contributed by atoms with Crippen LogP contribution in [0.15, 0.2) is 51.9 Å². The number of hydrogen-bond acceptors (Lipinski definition) is 6. The number of nitrogens with zero attached hydrogens (tertiary/aromatic N) is 2. The van der Waals surface area contributed by atoms with Crippen LogP contribution in [0.4, 0.5) is 4.39 Å². The van der Waals surface area contributed by atoms with Crippen molar-refractivity contribution in [1.82, 2.24) is 14.9 Å². The van der Waals surface area contributed by atoms with Gasteiger partial charge in [0.25, 0.3) is 0 Å². The maximum absolute atomic E-state index is 14.9. The number of carboxylic acids is 1. The first kappa shape index (κ1) is 26.0. The number of carbonyl (C=O) groups is 1. The molecule has 1 atom stereocenters. The normalized spacial score (nSPS) is 15.6. The molecular weight excluding hydrogens is 485 g/mol. The van der Waals surface area contributed by atoms with Gasteiger partial charge < -0.3 is 9.63 Å². The Balaban J connectivity index is 1.47. The Morgan fingerprint density at radius 2 is 1.83 bits per heavy atom. The van der Waals surface area contributed by atoms with Crippen LogP contribution in [0, 0.1) is 5.82 Å². The molecule has 1 fully saturated rings. The molecule has 0 bridgehead atoms. The number of nitrogens with one attached hydrogen (secondary N) is 1. The molecule has 3 aromatic rings. The van der Waals surface area contributed by atoms with Crippen LogP contribution in [-0.2, 0) is 27.7 Å². The van der Waals surface area contributed by atoms with Gasteiger partial charge in [-0.15, -0.1) is 0 Å². The molecule has 8 nitrogen and oxygen atoms in total. The molecule has 1 aromatic heterocycles. The highest BCUT2D eigenvalue weighted by molar-refractivity contribution is 7.89. The third-order valence-corrected chi connectivity index (χ3v) is 7.97. The van der Waals surface area contributed by atoms with Gasteiger partial charge >= 0.3 is 5.97 Å². The van der Waals surface area contributed by atoms with Gasteiger partial charge in [0.2, 0.25) is 21.7 Å². The third kappa shape index (κ3) is 6.17. The van der Waals surface area contributed by atoms with Crippen molar-refractivity contribution in [2.45, 2.75) is 75.1 Å². The summed E-state index contributed by atoms with van der Waals surface area (Å²) < 4.78 is 48.1. The van der Waals surface area contributed by atoms with E-state index in [1.807, 2.05) is 6.92 Å². The molecule has 0 saturated heterocycles. The largest absolute Gasteiger partial charge is 0.480 e. The zero-order valence-corrected chi connectivity index (χ0v) is 20.9. The van der Waals surface area contributed by atoms with E-state index in [0.29, 0.717) is 11.5 Å². The van der Waals surface area contributed by atoms with E-state index in [0.717, 1.165) is 44.1 Å². The Kier molecular flexibility index (Phi) is 8.15. The number of benzene rings is 2. The summed E-state index contributed by atoms with van der Waals surface area (Å²) in [5, 5.41) is 13.6. The molecule has 1 saturated carbocycles. The molecule has 1 aliphatic rings. The summed E-state index contributed by atoms with van der Waals surface area (Å²) in [7, 11) is -4.08. The summed E-state index contributed by atoms with van der Waals surface area (Å²) in [5.74, 6) is -1.16. The molecule has 10 heteroatoms. The van der Waals surface area contributed by atoms with Gasteiger partial charge in [-0.05, 0) is 61.1 Å². The van der Waals surface area contributed by atoms with Crippen molar-refractivity contribution in [1.29, 1.82) is 0 Å². The minimum atomic E-state index is -4.08. The van der Waals surface area contributed by atoms with Gasteiger partial charge in [0.1, 0.15) is 11.9 Å². The summed E-state index contributed by atoms with van der Waals surface area (Å²) in [6.45, 7) is 2.02. The highest BCUT2D eigenvalue weighted by Gasteiger charge is 2.27. The van der Waals surface area contributed by atoms with Crippen LogP contribution in [-0.4, -0.2) is 35.7 Å². The lowest BCUT2D eigenvalue weighted by atomic mass is 9.89. The molecule has 192 valence electrons. The van der Waals surface area contributed by atoms with E-state index >= 15 is 0 Å². The summed E-state index contributed by atoms with van der Waals surface area (Å²) in [6.07, 6.45) is 6.84. The zero-order chi connectivity index (χ0) is 25.7. The van der Waals surface area contributed by atoms with E-state index in [2.05, 4.69) is 14.9 Å². The zero-order valence-electron chi connectivity index (χ0n) is 20.1. The maximum Gasteiger partial charge on any atom is 0.322 e. The SMILES string of the molecule is CCCc1ccc(S(=O)(=O)NC(Cc2ccc(-c3noc(C4CCCCC4)n3)c(F)c2)C(=O)O)cc1. The molecule has 0 spiro atoms. The van der Waals surface area contributed by atoms with Gasteiger partial charge in [-0.2, -0.15) is 9.71 Å². The standard InChI is InChI=1S/C26H30FN3O5S/c1-2-6-17-9-12-20(13-10-17)36(33,34)30-23(26(31)32)16-18-11-14-21(22(27)15-18)24-28-25(35-29-24)19-7-4-3-5-8-19/h9-15,19,23,30H,2-8,16H2,1H3,(H,31,32). The van der Waals surface area contributed by atoms with Gasteiger partial charge in [0.05, 0.1) is 10.5 Å². The molecule has 1 aliphatic carbocycles. The fourth-order valence-corrected chi connectivity index (χ4v) is 5.71. The van der Waals surface area contributed by atoms with Crippen molar-refractivity contribution in [3.05, 3.63) is 65.3 Å². The quantitative estimate of drug-likeness (QED) is 0.396. The van der Waals surface area contributed by atoms with E-state index in [4.69, 9.17) is 4.52 Å². The van der Waals surface area contributed by atoms with Crippen LogP contribution >= 0.6 is 0 Å². The number of aliphatic carboxylic acids is 1. The molecule has 0 aliphatic heterocycles. The van der Waals surface area contributed by atoms with Gasteiger partial charge in [0.15, 0.2) is 0 Å². The van der Waals surface area contributed by atoms with Crippen molar-refractivity contribution in [2.75, 3.05) is 0 Å². The van der Waals surface area contributed by atoms with Crippen molar-refractivity contribution in [2.24, 2.45) is 0 Å². The van der Waals surface area contributed by atoms with Crippen molar-refractivity contribution in [3.8, 4) is 11.4 Å². The average molecular weight is 516 g/mol. The van der Waals surface area contributed by atoms with Crippen LogP contribution in [0.2, 0.25) is 0 Å². The van der Waals surface area contributed by atoms with E-state index < -0.39 is 27.9 Å². The van der Waals surface area contributed by atoms with E-state index in [9.17, 15) is 22.7 Å². The Labute approximate surface area is 210 Å². The Hall–Kier alpha value is -3.11. The number of rotatable bonds is 10. The maximum atomic E-state index is 14.9. The van der Waals surface area contributed by atoms with Crippen LogP contribution in [0.5, 0.6) is 0 Å². The Morgan fingerprint density at radius 3 is 2.47 bits per heavy atom. The fraction of sp³-hybridized carbons (Fsp3) is 0.423. The van der Waals surface area contributed by atoms with Gasteiger partial charge in [-0.1, -0.05) is 56.0 Å².